The van der Waals surface area contributed by atoms with Crippen LogP contribution in [0.3, 0.4) is 0 Å². The Kier molecular flexibility index (Phi) is 6.01. The summed E-state index contributed by atoms with van der Waals surface area (Å²) < 4.78 is 6.90. The van der Waals surface area contributed by atoms with Crippen LogP contribution in [0, 0.1) is 6.92 Å². The van der Waals surface area contributed by atoms with Crippen LogP contribution >= 0.6 is 11.3 Å². The average Bonchev–Trinajstić information content (AvgIpc) is 3.34. The van der Waals surface area contributed by atoms with Crippen molar-refractivity contribution in [1.82, 2.24) is 24.6 Å². The van der Waals surface area contributed by atoms with Gasteiger partial charge < -0.3 is 9.64 Å². The van der Waals surface area contributed by atoms with Crippen LogP contribution < -0.4 is 10.1 Å². The molecule has 158 valence electrons. The number of piperazine rings is 1. The lowest BCUT2D eigenvalue weighted by molar-refractivity contribution is 0.142. The van der Waals surface area contributed by atoms with Crippen molar-refractivity contribution in [3.05, 3.63) is 47.1 Å². The standard InChI is InChI=1S/C21H26N6O2S/c1-15-12-19(25(2)24-15)23-21(28)27-10-8-26(9-11-27)13-17-14-30-20(22-17)16-4-6-18(29-3)7-5-16/h4-7,12,14H,8-11,13H2,1-3H3,(H,23,28). The molecule has 3 aromatic rings. The van der Waals surface area contributed by atoms with Gasteiger partial charge in [0.15, 0.2) is 0 Å². The lowest BCUT2D eigenvalue weighted by Gasteiger charge is -2.34. The summed E-state index contributed by atoms with van der Waals surface area (Å²) in [6.45, 7) is 5.74. The maximum atomic E-state index is 12.5. The van der Waals surface area contributed by atoms with Crippen molar-refractivity contribution in [3.8, 4) is 16.3 Å². The van der Waals surface area contributed by atoms with E-state index in [0.717, 1.165) is 47.3 Å². The molecule has 1 aliphatic heterocycles. The molecule has 0 saturated carbocycles. The van der Waals surface area contributed by atoms with Crippen LogP contribution in [0.25, 0.3) is 10.6 Å². The molecule has 0 aliphatic carbocycles. The number of carbonyl (C=O) groups is 1. The topological polar surface area (TPSA) is 75.5 Å². The van der Waals surface area contributed by atoms with E-state index < -0.39 is 0 Å². The van der Waals surface area contributed by atoms with Crippen molar-refractivity contribution in [2.24, 2.45) is 7.05 Å². The number of nitrogens with one attached hydrogen (secondary N) is 1. The number of ether oxygens (including phenoxy) is 1. The number of aromatic nitrogens is 3. The monoisotopic (exact) mass is 426 g/mol. The zero-order valence-electron chi connectivity index (χ0n) is 17.5. The predicted octanol–water partition coefficient (Wildman–Crippen LogP) is 3.21. The van der Waals surface area contributed by atoms with E-state index in [4.69, 9.17) is 9.72 Å². The number of amides is 2. The maximum absolute atomic E-state index is 12.5. The van der Waals surface area contributed by atoms with Gasteiger partial charge in [0, 0.05) is 56.8 Å². The number of nitrogens with zero attached hydrogens (tertiary/aromatic N) is 5. The van der Waals surface area contributed by atoms with Crippen molar-refractivity contribution in [1.29, 1.82) is 0 Å². The fourth-order valence-electron chi connectivity index (χ4n) is 3.50. The first-order chi connectivity index (χ1) is 14.5. The summed E-state index contributed by atoms with van der Waals surface area (Å²) in [5.41, 5.74) is 3.04. The number of benzene rings is 1. The van der Waals surface area contributed by atoms with Crippen molar-refractivity contribution < 1.29 is 9.53 Å². The van der Waals surface area contributed by atoms with Gasteiger partial charge in [-0.2, -0.15) is 5.10 Å². The zero-order chi connectivity index (χ0) is 21.1. The van der Waals surface area contributed by atoms with E-state index in [1.807, 2.05) is 49.2 Å². The summed E-state index contributed by atoms with van der Waals surface area (Å²) in [6.07, 6.45) is 0. The molecule has 1 N–H and O–H groups in total. The minimum Gasteiger partial charge on any atom is -0.497 e. The van der Waals surface area contributed by atoms with Gasteiger partial charge in [0.2, 0.25) is 0 Å². The minimum absolute atomic E-state index is 0.0758. The van der Waals surface area contributed by atoms with E-state index in [1.54, 1.807) is 23.1 Å². The van der Waals surface area contributed by atoms with E-state index in [0.29, 0.717) is 18.9 Å². The molecule has 3 heterocycles. The van der Waals surface area contributed by atoms with Gasteiger partial charge in [0.1, 0.15) is 16.6 Å². The Balaban J connectivity index is 1.29. The summed E-state index contributed by atoms with van der Waals surface area (Å²) in [5.74, 6) is 1.56. The molecule has 0 spiro atoms. The molecule has 4 rings (SSSR count). The Bertz CT molecular complexity index is 1000. The number of methoxy groups -OCH3 is 1. The summed E-state index contributed by atoms with van der Waals surface area (Å²) in [6, 6.07) is 9.76. The lowest BCUT2D eigenvalue weighted by atomic mass is 10.2. The van der Waals surface area contributed by atoms with Crippen LogP contribution in [0.15, 0.2) is 35.7 Å². The number of aryl methyl sites for hydroxylation is 2. The summed E-state index contributed by atoms with van der Waals surface area (Å²) in [5, 5.41) is 10.3. The molecule has 0 radical (unpaired) electrons. The van der Waals surface area contributed by atoms with E-state index in [2.05, 4.69) is 20.7 Å². The molecule has 1 aliphatic rings. The highest BCUT2D eigenvalue weighted by Crippen LogP contribution is 2.26. The van der Waals surface area contributed by atoms with Crippen molar-refractivity contribution in [2.45, 2.75) is 13.5 Å². The Morgan fingerprint density at radius 2 is 1.93 bits per heavy atom. The van der Waals surface area contributed by atoms with Gasteiger partial charge in [-0.25, -0.2) is 9.78 Å². The number of hydrogen-bond acceptors (Lipinski definition) is 6. The zero-order valence-corrected chi connectivity index (χ0v) is 18.3. The highest BCUT2D eigenvalue weighted by Gasteiger charge is 2.22. The van der Waals surface area contributed by atoms with E-state index in [9.17, 15) is 4.79 Å². The van der Waals surface area contributed by atoms with Crippen LogP contribution in [0.5, 0.6) is 5.75 Å². The summed E-state index contributed by atoms with van der Waals surface area (Å²) in [4.78, 5) is 21.5. The van der Waals surface area contributed by atoms with Crippen molar-refractivity contribution in [2.75, 3.05) is 38.6 Å². The van der Waals surface area contributed by atoms with Gasteiger partial charge in [0.25, 0.3) is 0 Å². The van der Waals surface area contributed by atoms with Gasteiger partial charge in [-0.15, -0.1) is 11.3 Å². The molecule has 0 bridgehead atoms. The van der Waals surface area contributed by atoms with Crippen LogP contribution in [-0.4, -0.2) is 63.9 Å². The highest BCUT2D eigenvalue weighted by atomic mass is 32.1. The average molecular weight is 427 g/mol. The van der Waals surface area contributed by atoms with Crippen LogP contribution in [0.4, 0.5) is 10.6 Å². The number of rotatable bonds is 5. The molecule has 0 unspecified atom stereocenters. The molecule has 0 atom stereocenters. The van der Waals surface area contributed by atoms with Crippen LogP contribution in [0.2, 0.25) is 0 Å². The van der Waals surface area contributed by atoms with E-state index in [-0.39, 0.29) is 6.03 Å². The minimum atomic E-state index is -0.0758. The third-order valence-electron chi connectivity index (χ3n) is 5.17. The maximum Gasteiger partial charge on any atom is 0.323 e. The Morgan fingerprint density at radius 3 is 2.57 bits per heavy atom. The van der Waals surface area contributed by atoms with Gasteiger partial charge in [-0.05, 0) is 31.2 Å². The largest absolute Gasteiger partial charge is 0.497 e. The second kappa shape index (κ2) is 8.85. The lowest BCUT2D eigenvalue weighted by Crippen LogP contribution is -2.49. The number of hydrogen-bond donors (Lipinski definition) is 1. The second-order valence-corrected chi connectivity index (χ2v) is 8.22. The predicted molar refractivity (Wildman–Crippen MR) is 118 cm³/mol. The third kappa shape index (κ3) is 4.63. The van der Waals surface area contributed by atoms with Crippen molar-refractivity contribution >= 4 is 23.2 Å². The molecular weight excluding hydrogens is 400 g/mol. The Morgan fingerprint density at radius 1 is 1.20 bits per heavy atom. The quantitative estimate of drug-likeness (QED) is 0.678. The van der Waals surface area contributed by atoms with E-state index >= 15 is 0 Å². The molecule has 9 heteroatoms. The van der Waals surface area contributed by atoms with Gasteiger partial charge >= 0.3 is 6.03 Å². The molecule has 1 saturated heterocycles. The molecule has 2 amide bonds. The first-order valence-corrected chi connectivity index (χ1v) is 10.8. The van der Waals surface area contributed by atoms with Crippen molar-refractivity contribution in [3.63, 3.8) is 0 Å². The second-order valence-electron chi connectivity index (χ2n) is 7.36. The fraction of sp³-hybridized carbons (Fsp3) is 0.381. The van der Waals surface area contributed by atoms with E-state index in [1.165, 1.54) is 0 Å². The normalized spacial score (nSPS) is 14.7. The van der Waals surface area contributed by atoms with Gasteiger partial charge in [-0.3, -0.25) is 14.9 Å². The molecule has 1 fully saturated rings. The molecule has 2 aromatic heterocycles. The molecule has 8 nitrogen and oxygen atoms in total. The van der Waals surface area contributed by atoms with Gasteiger partial charge in [0.05, 0.1) is 18.5 Å². The number of carbonyl (C=O) groups excluding carboxylic acids is 1. The third-order valence-corrected chi connectivity index (χ3v) is 6.11. The smallest absolute Gasteiger partial charge is 0.323 e. The summed E-state index contributed by atoms with van der Waals surface area (Å²) in [7, 11) is 3.49. The Labute approximate surface area is 180 Å². The van der Waals surface area contributed by atoms with Gasteiger partial charge in [-0.1, -0.05) is 0 Å². The number of anilines is 1. The summed E-state index contributed by atoms with van der Waals surface area (Å²) >= 11 is 1.65. The molecule has 1 aromatic carbocycles. The first kappa shape index (κ1) is 20.4. The van der Waals surface area contributed by atoms with Crippen LogP contribution in [0.1, 0.15) is 11.4 Å². The molecular formula is C21H26N6O2S. The number of thiazole rings is 1. The van der Waals surface area contributed by atoms with Crippen LogP contribution in [-0.2, 0) is 13.6 Å². The number of urea groups is 1. The fourth-order valence-corrected chi connectivity index (χ4v) is 4.32. The molecule has 30 heavy (non-hydrogen) atoms. The Hall–Kier alpha value is -2.91. The first-order valence-electron chi connectivity index (χ1n) is 9.89. The SMILES string of the molecule is COc1ccc(-c2nc(CN3CCN(C(=O)Nc4cc(C)nn4C)CC3)cs2)cc1. The highest BCUT2D eigenvalue weighted by molar-refractivity contribution is 7.13.